The van der Waals surface area contributed by atoms with Crippen LogP contribution in [0.25, 0.3) is 0 Å². The highest BCUT2D eigenvalue weighted by Gasteiger charge is 2.11. The molecule has 1 N–H and O–H groups in total. The van der Waals surface area contributed by atoms with E-state index in [1.54, 1.807) is 25.3 Å². The molecule has 0 aliphatic heterocycles. The first kappa shape index (κ1) is 15.1. The molecule has 104 valence electrons. The molecule has 0 unspecified atom stereocenters. The molecule has 0 fully saturated rings. The number of hydrogen-bond donors (Lipinski definition) is 1. The number of nitrogens with one attached hydrogen (secondary N) is 1. The molecule has 5 heteroatoms. The number of anilines is 1. The lowest BCUT2D eigenvalue weighted by atomic mass is 10.2. The van der Waals surface area contributed by atoms with Crippen LogP contribution >= 0.6 is 31.9 Å². The Balaban J connectivity index is 2.24. The number of hydrogen-bond acceptors (Lipinski definition) is 2. The normalized spacial score (nSPS) is 10.2. The van der Waals surface area contributed by atoms with Gasteiger partial charge in [-0.05, 0) is 68.6 Å². The van der Waals surface area contributed by atoms with Crippen LogP contribution < -0.4 is 10.1 Å². The van der Waals surface area contributed by atoms with Gasteiger partial charge in [0, 0.05) is 10.0 Å². The van der Waals surface area contributed by atoms with Gasteiger partial charge in [0.1, 0.15) is 5.75 Å². The Kier molecular flexibility index (Phi) is 4.83. The molecule has 2 rings (SSSR count). The number of aryl methyl sites for hydroxylation is 1. The van der Waals surface area contributed by atoms with E-state index >= 15 is 0 Å². The zero-order valence-electron chi connectivity index (χ0n) is 11.0. The maximum atomic E-state index is 12.2. The molecule has 0 aliphatic carbocycles. The Morgan fingerprint density at radius 2 is 1.95 bits per heavy atom. The Bertz CT molecular complexity index is 656. The molecule has 0 spiro atoms. The Hall–Kier alpha value is -1.33. The highest BCUT2D eigenvalue weighted by atomic mass is 79.9. The van der Waals surface area contributed by atoms with Gasteiger partial charge in [-0.25, -0.2) is 0 Å². The third-order valence-electron chi connectivity index (χ3n) is 2.85. The molecule has 2 aromatic rings. The predicted octanol–water partition coefficient (Wildman–Crippen LogP) is 4.78. The van der Waals surface area contributed by atoms with Crippen LogP contribution in [0.2, 0.25) is 0 Å². The van der Waals surface area contributed by atoms with Crippen molar-refractivity contribution < 1.29 is 9.53 Å². The van der Waals surface area contributed by atoms with Crippen molar-refractivity contribution in [3.63, 3.8) is 0 Å². The number of rotatable bonds is 3. The van der Waals surface area contributed by atoms with E-state index in [9.17, 15) is 4.79 Å². The van der Waals surface area contributed by atoms with Crippen LogP contribution in [0.5, 0.6) is 5.75 Å². The number of carbonyl (C=O) groups excluding carboxylic acids is 1. The van der Waals surface area contributed by atoms with Crippen molar-refractivity contribution in [2.24, 2.45) is 0 Å². The fourth-order valence-electron chi connectivity index (χ4n) is 1.75. The Morgan fingerprint density at radius 3 is 2.60 bits per heavy atom. The van der Waals surface area contributed by atoms with E-state index in [-0.39, 0.29) is 5.91 Å². The summed E-state index contributed by atoms with van der Waals surface area (Å²) in [5.41, 5.74) is 2.38. The summed E-state index contributed by atoms with van der Waals surface area (Å²) in [4.78, 5) is 12.2. The fourth-order valence-corrected chi connectivity index (χ4v) is 2.65. The fraction of sp³-hybridized carbons (Fsp3) is 0.133. The minimum atomic E-state index is -0.167. The minimum Gasteiger partial charge on any atom is -0.496 e. The van der Waals surface area contributed by atoms with Crippen LogP contribution in [0.4, 0.5) is 5.69 Å². The number of ether oxygens (including phenoxy) is 1. The lowest BCUT2D eigenvalue weighted by Crippen LogP contribution is -2.12. The zero-order chi connectivity index (χ0) is 14.7. The lowest BCUT2D eigenvalue weighted by molar-refractivity contribution is 0.102. The van der Waals surface area contributed by atoms with Crippen LogP contribution in [0.1, 0.15) is 15.9 Å². The van der Waals surface area contributed by atoms with Gasteiger partial charge >= 0.3 is 0 Å². The van der Waals surface area contributed by atoms with Crippen molar-refractivity contribution in [1.82, 2.24) is 0 Å². The van der Waals surface area contributed by atoms with Crippen LogP contribution in [0, 0.1) is 6.92 Å². The van der Waals surface area contributed by atoms with Gasteiger partial charge in [0.25, 0.3) is 5.91 Å². The Labute approximate surface area is 134 Å². The smallest absolute Gasteiger partial charge is 0.255 e. The van der Waals surface area contributed by atoms with Crippen LogP contribution in [-0.2, 0) is 0 Å². The summed E-state index contributed by atoms with van der Waals surface area (Å²) in [6.07, 6.45) is 0. The third kappa shape index (κ3) is 3.22. The first-order valence-corrected chi connectivity index (χ1v) is 7.51. The van der Waals surface area contributed by atoms with Gasteiger partial charge in [-0.3, -0.25) is 4.79 Å². The molecule has 0 aromatic heterocycles. The second-order valence-electron chi connectivity index (χ2n) is 4.24. The van der Waals surface area contributed by atoms with E-state index in [1.807, 2.05) is 25.1 Å². The van der Waals surface area contributed by atoms with Crippen LogP contribution in [0.3, 0.4) is 0 Å². The second kappa shape index (κ2) is 6.41. The number of halogens is 2. The van der Waals surface area contributed by atoms with E-state index in [2.05, 4.69) is 37.2 Å². The average molecular weight is 399 g/mol. The maximum absolute atomic E-state index is 12.2. The summed E-state index contributed by atoms with van der Waals surface area (Å²) in [6.45, 7) is 1.98. The lowest BCUT2D eigenvalue weighted by Gasteiger charge is -2.10. The quantitative estimate of drug-likeness (QED) is 0.807. The highest BCUT2D eigenvalue weighted by Crippen LogP contribution is 2.28. The van der Waals surface area contributed by atoms with E-state index in [0.29, 0.717) is 11.3 Å². The van der Waals surface area contributed by atoms with E-state index in [1.165, 1.54) is 0 Å². The molecule has 0 saturated carbocycles. The molecule has 0 aliphatic rings. The SMILES string of the molecule is COc1ccc(C(=O)Nc2cccc(C)c2Br)cc1Br. The molecule has 0 atom stereocenters. The molecule has 0 heterocycles. The van der Waals surface area contributed by atoms with Gasteiger partial charge in [-0.2, -0.15) is 0 Å². The average Bonchev–Trinajstić information content (AvgIpc) is 2.43. The summed E-state index contributed by atoms with van der Waals surface area (Å²) >= 11 is 6.85. The summed E-state index contributed by atoms with van der Waals surface area (Å²) in [5.74, 6) is 0.526. The van der Waals surface area contributed by atoms with E-state index < -0.39 is 0 Å². The molecule has 3 nitrogen and oxygen atoms in total. The molecule has 0 radical (unpaired) electrons. The first-order valence-electron chi connectivity index (χ1n) is 5.93. The minimum absolute atomic E-state index is 0.167. The van der Waals surface area contributed by atoms with Crippen molar-refractivity contribution >= 4 is 43.5 Å². The van der Waals surface area contributed by atoms with E-state index in [4.69, 9.17) is 4.74 Å². The first-order chi connectivity index (χ1) is 9.52. The van der Waals surface area contributed by atoms with Crippen molar-refractivity contribution in [2.75, 3.05) is 12.4 Å². The molecule has 20 heavy (non-hydrogen) atoms. The molecule has 0 saturated heterocycles. The molecular weight excluding hydrogens is 386 g/mol. The summed E-state index contributed by atoms with van der Waals surface area (Å²) in [7, 11) is 1.59. The van der Waals surface area contributed by atoms with Gasteiger partial charge in [0.05, 0.1) is 17.3 Å². The largest absolute Gasteiger partial charge is 0.496 e. The van der Waals surface area contributed by atoms with Crippen molar-refractivity contribution in [2.45, 2.75) is 6.92 Å². The predicted molar refractivity (Wildman–Crippen MR) is 87.5 cm³/mol. The Morgan fingerprint density at radius 1 is 1.20 bits per heavy atom. The molecular formula is C15H13Br2NO2. The third-order valence-corrected chi connectivity index (χ3v) is 4.53. The van der Waals surface area contributed by atoms with Gasteiger partial charge in [0.2, 0.25) is 0 Å². The van der Waals surface area contributed by atoms with Crippen molar-refractivity contribution in [3.8, 4) is 5.75 Å². The van der Waals surface area contributed by atoms with Crippen LogP contribution in [-0.4, -0.2) is 13.0 Å². The molecule has 1 amide bonds. The van der Waals surface area contributed by atoms with Gasteiger partial charge in [0.15, 0.2) is 0 Å². The maximum Gasteiger partial charge on any atom is 0.255 e. The van der Waals surface area contributed by atoms with E-state index in [0.717, 1.165) is 20.2 Å². The summed E-state index contributed by atoms with van der Waals surface area (Å²) < 4.78 is 6.78. The monoisotopic (exact) mass is 397 g/mol. The number of amides is 1. The highest BCUT2D eigenvalue weighted by molar-refractivity contribution is 9.11. The second-order valence-corrected chi connectivity index (χ2v) is 5.89. The number of carbonyl (C=O) groups is 1. The standard InChI is InChI=1S/C15H13Br2NO2/c1-9-4-3-5-12(14(9)17)18-15(19)10-6-7-13(20-2)11(16)8-10/h3-8H,1-2H3,(H,18,19). The van der Waals surface area contributed by atoms with Gasteiger partial charge in [-0.15, -0.1) is 0 Å². The van der Waals surface area contributed by atoms with Crippen molar-refractivity contribution in [1.29, 1.82) is 0 Å². The van der Waals surface area contributed by atoms with Crippen molar-refractivity contribution in [3.05, 3.63) is 56.5 Å². The van der Waals surface area contributed by atoms with Gasteiger partial charge in [-0.1, -0.05) is 12.1 Å². The topological polar surface area (TPSA) is 38.3 Å². The molecule has 2 aromatic carbocycles. The molecule has 0 bridgehead atoms. The van der Waals surface area contributed by atoms with Gasteiger partial charge < -0.3 is 10.1 Å². The number of methoxy groups -OCH3 is 1. The zero-order valence-corrected chi connectivity index (χ0v) is 14.2. The number of benzene rings is 2. The summed E-state index contributed by atoms with van der Waals surface area (Å²) in [5, 5.41) is 2.88. The summed E-state index contributed by atoms with van der Waals surface area (Å²) in [6, 6.07) is 10.9. The van der Waals surface area contributed by atoms with Crippen LogP contribution in [0.15, 0.2) is 45.3 Å².